The van der Waals surface area contributed by atoms with E-state index in [1.807, 2.05) is 49.2 Å². The van der Waals surface area contributed by atoms with Gasteiger partial charge < -0.3 is 39.9 Å². The Morgan fingerprint density at radius 2 is 1.80 bits per heavy atom. The van der Waals surface area contributed by atoms with Crippen LogP contribution in [-0.2, 0) is 14.4 Å². The summed E-state index contributed by atoms with van der Waals surface area (Å²) in [7, 11) is 2.95. The average molecular weight is 738 g/mol. The van der Waals surface area contributed by atoms with Crippen LogP contribution in [0.3, 0.4) is 0 Å². The van der Waals surface area contributed by atoms with Crippen molar-refractivity contribution in [2.24, 2.45) is 17.6 Å². The number of nitrogens with two attached hydrogens (primary N) is 1. The van der Waals surface area contributed by atoms with E-state index in [0.29, 0.717) is 41.9 Å². The third-order valence-corrected chi connectivity index (χ3v) is 10.8. The van der Waals surface area contributed by atoms with Gasteiger partial charge in [0.15, 0.2) is 11.3 Å². The number of ether oxygens (including phenoxy) is 1. The number of nitrogens with one attached hydrogen (secondary N) is 4. The summed E-state index contributed by atoms with van der Waals surface area (Å²) in [5.41, 5.74) is 13.8. The number of aromatic nitrogens is 5. The standard InChI is InChI=1S/C40H51N9O5/c1-21(2)29(48-53-6)18-25(9-7-15-41)37-43-27-13-11-23-17-30(42-20-26(23)34(27)45-37)32-19-24-12-14-28-35(36(24)54-32)46-38(44-28)31-10-8-16-49(31)39(50)33(22(3)4)47-40(51)52-5/h11-14,17,19-22,25,29,31,33,48H,7-10,15-16,18,41H2,1-6H3,(H,43,45)(H,44,46)(H,47,51)/t25?,29-,31+,33+/m1/s1. The topological polar surface area (TPSA) is 189 Å². The van der Waals surface area contributed by atoms with E-state index in [4.69, 9.17) is 34.7 Å². The first kappa shape index (κ1) is 37.3. The highest BCUT2D eigenvalue weighted by molar-refractivity contribution is 6.05. The molecule has 54 heavy (non-hydrogen) atoms. The summed E-state index contributed by atoms with van der Waals surface area (Å²) in [4.78, 5) is 54.8. The second-order valence-electron chi connectivity index (χ2n) is 15.1. The Hall–Kier alpha value is -5.05. The molecule has 14 heteroatoms. The number of fused-ring (bicyclic) bond motifs is 6. The summed E-state index contributed by atoms with van der Waals surface area (Å²) >= 11 is 0. The predicted molar refractivity (Wildman–Crippen MR) is 209 cm³/mol. The van der Waals surface area contributed by atoms with Crippen molar-refractivity contribution < 1.29 is 23.6 Å². The van der Waals surface area contributed by atoms with Crippen LogP contribution in [0, 0.1) is 11.8 Å². The largest absolute Gasteiger partial charge is 0.453 e. The number of likely N-dealkylation sites (tertiary alicyclic amines) is 1. The van der Waals surface area contributed by atoms with Crippen LogP contribution in [0.15, 0.2) is 47.0 Å². The molecule has 0 spiro atoms. The fourth-order valence-electron chi connectivity index (χ4n) is 7.76. The van der Waals surface area contributed by atoms with E-state index < -0.39 is 12.1 Å². The molecule has 1 fully saturated rings. The molecule has 6 aromatic rings. The zero-order valence-corrected chi connectivity index (χ0v) is 31.9. The molecule has 4 aromatic heterocycles. The summed E-state index contributed by atoms with van der Waals surface area (Å²) in [6.45, 7) is 9.39. The van der Waals surface area contributed by atoms with Crippen molar-refractivity contribution in [2.45, 2.75) is 83.8 Å². The average Bonchev–Trinajstić information content (AvgIpc) is 3.98. The Bertz CT molecular complexity index is 2270. The molecule has 5 heterocycles. The third kappa shape index (κ3) is 7.25. The number of methoxy groups -OCH3 is 1. The van der Waals surface area contributed by atoms with Crippen LogP contribution in [0.5, 0.6) is 0 Å². The highest BCUT2D eigenvalue weighted by atomic mass is 16.6. The molecule has 2 amide bonds. The number of carbonyl (C=O) groups excluding carboxylic acids is 2. The lowest BCUT2D eigenvalue weighted by atomic mass is 9.89. The number of hydrogen-bond donors (Lipinski definition) is 5. The Morgan fingerprint density at radius 1 is 1.02 bits per heavy atom. The molecule has 1 aliphatic rings. The molecule has 0 radical (unpaired) electrons. The van der Waals surface area contributed by atoms with Crippen LogP contribution in [0.25, 0.3) is 55.3 Å². The number of carbonyl (C=O) groups is 2. The molecule has 2 aromatic carbocycles. The van der Waals surface area contributed by atoms with Gasteiger partial charge in [-0.25, -0.2) is 14.8 Å². The number of alkyl carbamates (subject to hydrolysis) is 1. The molecule has 1 saturated heterocycles. The lowest BCUT2D eigenvalue weighted by molar-refractivity contribution is -0.135. The number of rotatable bonds is 14. The Labute approximate surface area is 313 Å². The Balaban J connectivity index is 1.17. The van der Waals surface area contributed by atoms with Gasteiger partial charge in [-0.2, -0.15) is 5.48 Å². The van der Waals surface area contributed by atoms with Crippen LogP contribution in [0.4, 0.5) is 4.79 Å². The molecule has 4 atom stereocenters. The molecule has 286 valence electrons. The maximum Gasteiger partial charge on any atom is 0.407 e. The molecule has 1 unspecified atom stereocenters. The van der Waals surface area contributed by atoms with Crippen LogP contribution >= 0.6 is 0 Å². The molecular formula is C40H51N9O5. The van der Waals surface area contributed by atoms with Gasteiger partial charge in [0.25, 0.3) is 0 Å². The van der Waals surface area contributed by atoms with Crippen molar-refractivity contribution in [3.8, 4) is 11.5 Å². The summed E-state index contributed by atoms with van der Waals surface area (Å²) in [6, 6.07) is 11.3. The summed E-state index contributed by atoms with van der Waals surface area (Å²) in [5, 5.41) is 5.62. The number of amides is 2. The lowest BCUT2D eigenvalue weighted by Crippen LogP contribution is -2.51. The Kier molecular flexibility index (Phi) is 10.9. The van der Waals surface area contributed by atoms with Crippen LogP contribution in [0.1, 0.15) is 83.4 Å². The van der Waals surface area contributed by atoms with Gasteiger partial charge in [-0.05, 0) is 86.2 Å². The molecule has 0 saturated carbocycles. The first-order valence-electron chi connectivity index (χ1n) is 18.9. The number of furan rings is 1. The summed E-state index contributed by atoms with van der Waals surface area (Å²) < 4.78 is 11.3. The molecule has 1 aliphatic heterocycles. The lowest BCUT2D eigenvalue weighted by Gasteiger charge is -2.29. The molecule has 7 rings (SSSR count). The summed E-state index contributed by atoms with van der Waals surface area (Å²) in [6.07, 6.45) is 5.54. The van der Waals surface area contributed by atoms with Crippen LogP contribution in [0.2, 0.25) is 0 Å². The number of benzene rings is 2. The van der Waals surface area contributed by atoms with Gasteiger partial charge in [-0.15, -0.1) is 0 Å². The number of imidazole rings is 2. The van der Waals surface area contributed by atoms with E-state index in [-0.39, 0.29) is 29.8 Å². The molecule has 0 aliphatic carbocycles. The SMILES string of the molecule is CON[C@H](CC(CCCN)c1nc2ccc3cc(-c4cc5ccc6nc([C@@H]7CCCN7C(=O)[C@@H](NC(=O)OC)C(C)C)[nH]c6c5o4)ncc3c2[nH]1)C(C)C. The zero-order chi connectivity index (χ0) is 38.1. The molecular weight excluding hydrogens is 686 g/mol. The predicted octanol–water partition coefficient (Wildman–Crippen LogP) is 6.83. The highest BCUT2D eigenvalue weighted by Crippen LogP contribution is 2.37. The minimum absolute atomic E-state index is 0.119. The van der Waals surface area contributed by atoms with E-state index >= 15 is 0 Å². The highest BCUT2D eigenvalue weighted by Gasteiger charge is 2.38. The van der Waals surface area contributed by atoms with Gasteiger partial charge in [0.2, 0.25) is 5.91 Å². The minimum Gasteiger partial charge on any atom is -0.453 e. The number of hydroxylamine groups is 1. The normalized spacial score (nSPS) is 16.7. The first-order valence-corrected chi connectivity index (χ1v) is 18.9. The van der Waals surface area contributed by atoms with Crippen molar-refractivity contribution in [1.29, 1.82) is 0 Å². The van der Waals surface area contributed by atoms with Crippen molar-refractivity contribution in [1.82, 2.24) is 40.6 Å². The van der Waals surface area contributed by atoms with E-state index in [2.05, 4.69) is 46.7 Å². The molecule has 14 nitrogen and oxygen atoms in total. The van der Waals surface area contributed by atoms with Crippen molar-refractivity contribution in [3.63, 3.8) is 0 Å². The van der Waals surface area contributed by atoms with Gasteiger partial charge >= 0.3 is 6.09 Å². The number of H-pyrrole nitrogens is 2. The number of nitrogens with zero attached hydrogens (tertiary/aromatic N) is 4. The van der Waals surface area contributed by atoms with E-state index in [0.717, 1.165) is 76.2 Å². The second kappa shape index (κ2) is 15.7. The zero-order valence-electron chi connectivity index (χ0n) is 31.9. The van der Waals surface area contributed by atoms with Gasteiger partial charge in [-0.1, -0.05) is 33.8 Å². The van der Waals surface area contributed by atoms with Crippen LogP contribution < -0.4 is 16.5 Å². The maximum atomic E-state index is 13.7. The number of pyridine rings is 1. The fourth-order valence-corrected chi connectivity index (χ4v) is 7.76. The second-order valence-corrected chi connectivity index (χ2v) is 15.1. The van der Waals surface area contributed by atoms with Gasteiger partial charge in [0.05, 0.1) is 36.8 Å². The van der Waals surface area contributed by atoms with Crippen molar-refractivity contribution in [2.75, 3.05) is 27.3 Å². The van der Waals surface area contributed by atoms with E-state index in [9.17, 15) is 9.59 Å². The van der Waals surface area contributed by atoms with E-state index in [1.54, 1.807) is 7.11 Å². The maximum absolute atomic E-state index is 13.7. The third-order valence-electron chi connectivity index (χ3n) is 10.8. The molecule has 0 bridgehead atoms. The van der Waals surface area contributed by atoms with Gasteiger partial charge in [-0.3, -0.25) is 9.78 Å². The summed E-state index contributed by atoms with van der Waals surface area (Å²) in [5.74, 6) is 2.57. The van der Waals surface area contributed by atoms with E-state index in [1.165, 1.54) is 7.11 Å². The minimum atomic E-state index is -0.706. The smallest absolute Gasteiger partial charge is 0.407 e. The van der Waals surface area contributed by atoms with Gasteiger partial charge in [0.1, 0.15) is 28.9 Å². The fraction of sp³-hybridized carbons (Fsp3) is 0.475. The monoisotopic (exact) mass is 737 g/mol. The first-order chi connectivity index (χ1) is 26.1. The quantitative estimate of drug-likeness (QED) is 0.0741. The van der Waals surface area contributed by atoms with Crippen LogP contribution in [-0.4, -0.2) is 81.2 Å². The van der Waals surface area contributed by atoms with Gasteiger partial charge in [0, 0.05) is 35.5 Å². The number of aromatic amines is 2. The van der Waals surface area contributed by atoms with Crippen molar-refractivity contribution in [3.05, 3.63) is 54.2 Å². The van der Waals surface area contributed by atoms with Crippen molar-refractivity contribution >= 4 is 55.8 Å². The molecule has 6 N–H and O–H groups in total. The Morgan fingerprint density at radius 3 is 2.52 bits per heavy atom. The number of hydrogen-bond acceptors (Lipinski definition) is 10.